The van der Waals surface area contributed by atoms with Crippen molar-refractivity contribution in [2.75, 3.05) is 12.4 Å². The molecule has 0 saturated heterocycles. The second-order valence-electron chi connectivity index (χ2n) is 3.73. The third kappa shape index (κ3) is 5.22. The van der Waals surface area contributed by atoms with Crippen LogP contribution < -0.4 is 5.32 Å². The highest BCUT2D eigenvalue weighted by atomic mass is 32.1. The average molecular weight is 271 g/mol. The fraction of sp³-hybridized carbons (Fsp3) is 0.636. The monoisotopic (exact) mass is 271 g/mol. The summed E-state index contributed by atoms with van der Waals surface area (Å²) in [6.07, 6.45) is 3.21. The van der Waals surface area contributed by atoms with Gasteiger partial charge in [-0.25, -0.2) is 0 Å². The first-order chi connectivity index (χ1) is 8.65. The first-order valence-electron chi connectivity index (χ1n) is 5.84. The normalized spacial score (nSPS) is 10.1. The number of anilines is 1. The van der Waals surface area contributed by atoms with Crippen molar-refractivity contribution in [3.8, 4) is 0 Å². The van der Waals surface area contributed by atoms with Crippen LogP contribution in [-0.4, -0.2) is 29.2 Å². The van der Waals surface area contributed by atoms with Gasteiger partial charge in [-0.2, -0.15) is 0 Å². The maximum Gasteiger partial charge on any atom is 0.306 e. The molecule has 0 unspecified atom stereocenters. The molecule has 1 heterocycles. The number of nitrogens with one attached hydrogen (secondary N) is 1. The van der Waals surface area contributed by atoms with Crippen molar-refractivity contribution >= 4 is 28.3 Å². The second-order valence-corrected chi connectivity index (χ2v) is 4.79. The van der Waals surface area contributed by atoms with Crippen LogP contribution in [0.1, 0.15) is 37.6 Å². The largest absolute Gasteiger partial charge is 0.469 e. The Morgan fingerprint density at radius 2 is 2.11 bits per heavy atom. The zero-order valence-corrected chi connectivity index (χ0v) is 11.4. The number of aryl methyl sites for hydroxylation is 1. The predicted molar refractivity (Wildman–Crippen MR) is 68.4 cm³/mol. The smallest absolute Gasteiger partial charge is 0.306 e. The van der Waals surface area contributed by atoms with Crippen LogP contribution >= 0.6 is 11.3 Å². The molecule has 0 bridgehead atoms. The summed E-state index contributed by atoms with van der Waals surface area (Å²) < 4.78 is 4.45. The molecule has 6 nitrogen and oxygen atoms in total. The summed E-state index contributed by atoms with van der Waals surface area (Å²) in [4.78, 5) is 22.3. The van der Waals surface area contributed by atoms with Crippen LogP contribution in [0.15, 0.2) is 0 Å². The summed E-state index contributed by atoms with van der Waals surface area (Å²) >= 11 is 1.37. The Labute approximate surface area is 110 Å². The molecule has 100 valence electrons. The van der Waals surface area contributed by atoms with Crippen LogP contribution in [-0.2, 0) is 20.7 Å². The topological polar surface area (TPSA) is 81.2 Å². The molecule has 1 aromatic heterocycles. The SMILES string of the molecule is CCCCc1nnc(NC(=O)CCC(=O)OC)s1. The molecule has 7 heteroatoms. The number of hydrogen-bond donors (Lipinski definition) is 1. The lowest BCUT2D eigenvalue weighted by Crippen LogP contribution is -2.13. The van der Waals surface area contributed by atoms with E-state index in [1.807, 2.05) is 0 Å². The number of aromatic nitrogens is 2. The van der Waals surface area contributed by atoms with E-state index in [0.717, 1.165) is 24.3 Å². The Morgan fingerprint density at radius 3 is 2.78 bits per heavy atom. The van der Waals surface area contributed by atoms with E-state index in [1.165, 1.54) is 18.4 Å². The van der Waals surface area contributed by atoms with E-state index in [2.05, 4.69) is 27.2 Å². The van der Waals surface area contributed by atoms with E-state index in [0.29, 0.717) is 5.13 Å². The summed E-state index contributed by atoms with van der Waals surface area (Å²) in [7, 11) is 1.30. The summed E-state index contributed by atoms with van der Waals surface area (Å²) in [5, 5.41) is 11.9. The fourth-order valence-electron chi connectivity index (χ4n) is 1.23. The van der Waals surface area contributed by atoms with Crippen LogP contribution in [0, 0.1) is 0 Å². The number of unbranched alkanes of at least 4 members (excludes halogenated alkanes) is 1. The van der Waals surface area contributed by atoms with Gasteiger partial charge in [0.2, 0.25) is 11.0 Å². The molecule has 0 fully saturated rings. The molecule has 0 atom stereocenters. The molecule has 0 spiro atoms. The van der Waals surface area contributed by atoms with Gasteiger partial charge in [0.1, 0.15) is 5.01 Å². The highest BCUT2D eigenvalue weighted by molar-refractivity contribution is 7.15. The van der Waals surface area contributed by atoms with Crippen molar-refractivity contribution < 1.29 is 14.3 Å². The zero-order valence-electron chi connectivity index (χ0n) is 10.6. The van der Waals surface area contributed by atoms with E-state index in [4.69, 9.17) is 0 Å². The molecule has 1 aromatic rings. The molecule has 0 aromatic carbocycles. The molecule has 0 aliphatic rings. The molecule has 1 N–H and O–H groups in total. The van der Waals surface area contributed by atoms with Gasteiger partial charge in [-0.1, -0.05) is 24.7 Å². The molecule has 0 radical (unpaired) electrons. The van der Waals surface area contributed by atoms with Gasteiger partial charge in [-0.15, -0.1) is 10.2 Å². The number of rotatable bonds is 7. The lowest BCUT2D eigenvalue weighted by Gasteiger charge is -1.99. The Morgan fingerprint density at radius 1 is 1.33 bits per heavy atom. The third-order valence-electron chi connectivity index (χ3n) is 2.24. The van der Waals surface area contributed by atoms with Crippen molar-refractivity contribution in [3.05, 3.63) is 5.01 Å². The van der Waals surface area contributed by atoms with Gasteiger partial charge in [-0.3, -0.25) is 9.59 Å². The maximum absolute atomic E-state index is 11.5. The van der Waals surface area contributed by atoms with Gasteiger partial charge in [-0.05, 0) is 6.42 Å². The molecule has 1 amide bonds. The number of esters is 1. The number of methoxy groups -OCH3 is 1. The van der Waals surface area contributed by atoms with Crippen LogP contribution in [0.3, 0.4) is 0 Å². The molecule has 18 heavy (non-hydrogen) atoms. The number of amides is 1. The standard InChI is InChI=1S/C11H17N3O3S/c1-3-4-5-9-13-14-11(18-9)12-8(15)6-7-10(16)17-2/h3-7H2,1-2H3,(H,12,14,15). The fourth-order valence-corrected chi connectivity index (χ4v) is 2.03. The van der Waals surface area contributed by atoms with Gasteiger partial charge in [0.15, 0.2) is 0 Å². The Balaban J connectivity index is 2.35. The number of nitrogens with zero attached hydrogens (tertiary/aromatic N) is 2. The average Bonchev–Trinajstić information content (AvgIpc) is 2.81. The first kappa shape index (κ1) is 14.6. The summed E-state index contributed by atoms with van der Waals surface area (Å²) in [5.41, 5.74) is 0. The summed E-state index contributed by atoms with van der Waals surface area (Å²) in [6.45, 7) is 2.11. The van der Waals surface area contributed by atoms with Gasteiger partial charge < -0.3 is 10.1 Å². The number of carbonyl (C=O) groups excluding carboxylic acids is 2. The zero-order chi connectivity index (χ0) is 13.4. The lowest BCUT2D eigenvalue weighted by molar-refractivity contribution is -0.141. The van der Waals surface area contributed by atoms with Gasteiger partial charge in [0, 0.05) is 12.8 Å². The Hall–Kier alpha value is -1.50. The Kier molecular flexibility index (Phi) is 6.27. The minimum absolute atomic E-state index is 0.0732. The van der Waals surface area contributed by atoms with Crippen molar-refractivity contribution in [1.82, 2.24) is 10.2 Å². The Bertz CT molecular complexity index is 406. The van der Waals surface area contributed by atoms with E-state index >= 15 is 0 Å². The van der Waals surface area contributed by atoms with Crippen LogP contribution in [0.5, 0.6) is 0 Å². The molecule has 0 aliphatic heterocycles. The van der Waals surface area contributed by atoms with Crippen molar-refractivity contribution in [3.63, 3.8) is 0 Å². The highest BCUT2D eigenvalue weighted by Gasteiger charge is 2.10. The van der Waals surface area contributed by atoms with Crippen LogP contribution in [0.25, 0.3) is 0 Å². The second kappa shape index (κ2) is 7.75. The number of ether oxygens (including phenoxy) is 1. The predicted octanol–water partition coefficient (Wildman–Crippen LogP) is 1.77. The molecule has 0 saturated carbocycles. The van der Waals surface area contributed by atoms with Gasteiger partial charge in [0.05, 0.1) is 13.5 Å². The quantitative estimate of drug-likeness (QED) is 0.764. The van der Waals surface area contributed by atoms with E-state index in [9.17, 15) is 9.59 Å². The molecular weight excluding hydrogens is 254 g/mol. The molecular formula is C11H17N3O3S. The number of hydrogen-bond acceptors (Lipinski definition) is 6. The van der Waals surface area contributed by atoms with E-state index in [1.54, 1.807) is 0 Å². The minimum atomic E-state index is -0.397. The van der Waals surface area contributed by atoms with Crippen molar-refractivity contribution in [2.24, 2.45) is 0 Å². The van der Waals surface area contributed by atoms with Gasteiger partial charge in [0.25, 0.3) is 0 Å². The minimum Gasteiger partial charge on any atom is -0.469 e. The van der Waals surface area contributed by atoms with Gasteiger partial charge >= 0.3 is 5.97 Å². The van der Waals surface area contributed by atoms with E-state index in [-0.39, 0.29) is 18.7 Å². The lowest BCUT2D eigenvalue weighted by atomic mass is 10.3. The van der Waals surface area contributed by atoms with E-state index < -0.39 is 5.97 Å². The van der Waals surface area contributed by atoms with Crippen molar-refractivity contribution in [2.45, 2.75) is 39.0 Å². The number of carbonyl (C=O) groups is 2. The highest BCUT2D eigenvalue weighted by Crippen LogP contribution is 2.17. The summed E-state index contributed by atoms with van der Waals surface area (Å²) in [5.74, 6) is -0.648. The van der Waals surface area contributed by atoms with Crippen LogP contribution in [0.2, 0.25) is 0 Å². The maximum atomic E-state index is 11.5. The first-order valence-corrected chi connectivity index (χ1v) is 6.66. The van der Waals surface area contributed by atoms with Crippen molar-refractivity contribution in [1.29, 1.82) is 0 Å². The molecule has 1 rings (SSSR count). The molecule has 0 aliphatic carbocycles. The third-order valence-corrected chi connectivity index (χ3v) is 3.14. The van der Waals surface area contributed by atoms with Crippen LogP contribution in [0.4, 0.5) is 5.13 Å². The summed E-state index contributed by atoms with van der Waals surface area (Å²) in [6, 6.07) is 0.